The van der Waals surface area contributed by atoms with Gasteiger partial charge in [-0.2, -0.15) is 5.26 Å². The lowest BCUT2D eigenvalue weighted by molar-refractivity contribution is -0.384. The maximum atomic E-state index is 11.0. The molecule has 3 aromatic carbocycles. The van der Waals surface area contributed by atoms with Crippen molar-refractivity contribution in [3.05, 3.63) is 106 Å². The van der Waals surface area contributed by atoms with E-state index >= 15 is 0 Å². The summed E-state index contributed by atoms with van der Waals surface area (Å²) in [5.74, 6) is 0.0903. The van der Waals surface area contributed by atoms with Crippen molar-refractivity contribution >= 4 is 45.4 Å². The van der Waals surface area contributed by atoms with Gasteiger partial charge in [0.25, 0.3) is 5.69 Å². The second-order valence-electron chi connectivity index (χ2n) is 7.95. The van der Waals surface area contributed by atoms with Gasteiger partial charge in [-0.15, -0.1) is 0 Å². The summed E-state index contributed by atoms with van der Waals surface area (Å²) in [5, 5.41) is 25.6. The molecule has 174 valence electrons. The van der Waals surface area contributed by atoms with E-state index in [9.17, 15) is 15.4 Å². The van der Waals surface area contributed by atoms with Crippen LogP contribution in [0.5, 0.6) is 0 Å². The van der Waals surface area contributed by atoms with Crippen molar-refractivity contribution in [3.63, 3.8) is 0 Å². The highest BCUT2D eigenvalue weighted by Gasteiger charge is 2.15. The van der Waals surface area contributed by atoms with Crippen LogP contribution in [0.25, 0.3) is 33.3 Å². The van der Waals surface area contributed by atoms with Gasteiger partial charge in [-0.1, -0.05) is 23.7 Å². The minimum absolute atomic E-state index is 0.0346. The van der Waals surface area contributed by atoms with Crippen LogP contribution in [0, 0.1) is 21.4 Å². The first-order valence-corrected chi connectivity index (χ1v) is 11.2. The number of non-ortho nitro benzene ring substituents is 1. The van der Waals surface area contributed by atoms with E-state index in [2.05, 4.69) is 21.4 Å². The summed E-state index contributed by atoms with van der Waals surface area (Å²) >= 11 is 6.09. The molecule has 9 heteroatoms. The number of halogens is 1. The zero-order valence-corrected chi connectivity index (χ0v) is 19.4. The number of nitro benzene ring substituents is 1. The highest BCUT2D eigenvalue weighted by molar-refractivity contribution is 6.31. The number of pyridine rings is 2. The van der Waals surface area contributed by atoms with Crippen LogP contribution in [0.2, 0.25) is 5.02 Å². The molecule has 0 aliphatic heterocycles. The van der Waals surface area contributed by atoms with Crippen molar-refractivity contribution in [1.82, 2.24) is 9.97 Å². The molecule has 3 N–H and O–H groups in total. The Morgan fingerprint density at radius 2 is 1.69 bits per heavy atom. The smallest absolute Gasteiger partial charge is 0.269 e. The number of nitriles is 1. The van der Waals surface area contributed by atoms with Crippen LogP contribution in [0.15, 0.2) is 85.1 Å². The summed E-state index contributed by atoms with van der Waals surface area (Å²) in [5.41, 5.74) is 11.4. The summed E-state index contributed by atoms with van der Waals surface area (Å²) in [6.45, 7) is 0. The predicted octanol–water partition coefficient (Wildman–Crippen LogP) is 6.72. The second kappa shape index (κ2) is 9.33. The van der Waals surface area contributed by atoms with Gasteiger partial charge in [0.2, 0.25) is 0 Å². The molecule has 2 aromatic heterocycles. The van der Waals surface area contributed by atoms with Gasteiger partial charge in [0.05, 0.1) is 16.1 Å². The summed E-state index contributed by atoms with van der Waals surface area (Å²) in [7, 11) is 0. The van der Waals surface area contributed by atoms with Gasteiger partial charge >= 0.3 is 0 Å². The van der Waals surface area contributed by atoms with Crippen LogP contribution in [0.4, 0.5) is 22.9 Å². The Hall–Kier alpha value is -5.00. The molecule has 2 heterocycles. The Kier molecular flexibility index (Phi) is 5.90. The minimum Gasteiger partial charge on any atom is -0.383 e. The number of rotatable bonds is 5. The van der Waals surface area contributed by atoms with E-state index in [1.54, 1.807) is 24.4 Å². The van der Waals surface area contributed by atoms with E-state index in [0.29, 0.717) is 21.8 Å². The molecule has 0 fully saturated rings. The van der Waals surface area contributed by atoms with Crippen molar-refractivity contribution in [2.45, 2.75) is 0 Å². The Labute approximate surface area is 210 Å². The fraction of sp³-hybridized carbons (Fsp3) is 0. The van der Waals surface area contributed by atoms with Gasteiger partial charge in [-0.25, -0.2) is 4.98 Å². The van der Waals surface area contributed by atoms with Gasteiger partial charge in [0.1, 0.15) is 17.5 Å². The summed E-state index contributed by atoms with van der Waals surface area (Å²) in [6, 6.07) is 24.9. The van der Waals surface area contributed by atoms with Crippen LogP contribution in [0.1, 0.15) is 5.56 Å². The van der Waals surface area contributed by atoms with Gasteiger partial charge < -0.3 is 11.1 Å². The molecule has 36 heavy (non-hydrogen) atoms. The first kappa shape index (κ1) is 22.8. The third-order valence-corrected chi connectivity index (χ3v) is 5.95. The third kappa shape index (κ3) is 4.39. The van der Waals surface area contributed by atoms with Crippen molar-refractivity contribution < 1.29 is 4.92 Å². The molecule has 0 bridgehead atoms. The number of nitrogens with two attached hydrogens (primary N) is 1. The average molecular weight is 493 g/mol. The number of hydrogen-bond donors (Lipinski definition) is 2. The fourth-order valence-corrected chi connectivity index (χ4v) is 4.10. The lowest BCUT2D eigenvalue weighted by atomic mass is 9.98. The number of nitrogens with zero attached hydrogens (tertiary/aromatic N) is 4. The van der Waals surface area contributed by atoms with Gasteiger partial charge in [-0.3, -0.25) is 15.1 Å². The molecule has 0 saturated carbocycles. The number of fused-ring (bicyclic) bond motifs is 1. The van der Waals surface area contributed by atoms with E-state index in [1.807, 2.05) is 48.5 Å². The standard InChI is InChI=1S/C27H17ClN6O2/c28-18-5-10-21-24(11-12-31-26(21)13-18)32-19-6-1-17(2-7-19)25-14-22(23(15-29)27(30)33-25)16-3-8-20(9-4-16)34(35)36/h1-14H,(H2,30,33)(H,31,32). The molecule has 0 aliphatic rings. The molecular formula is C27H17ClN6O2. The predicted molar refractivity (Wildman–Crippen MR) is 141 cm³/mol. The maximum absolute atomic E-state index is 11.0. The molecule has 0 unspecified atom stereocenters. The molecule has 0 atom stereocenters. The Bertz CT molecular complexity index is 1660. The molecule has 0 spiro atoms. The lowest BCUT2D eigenvalue weighted by Gasteiger charge is -2.12. The molecule has 5 rings (SSSR count). The summed E-state index contributed by atoms with van der Waals surface area (Å²) in [6.07, 6.45) is 1.72. The number of nitrogen functional groups attached to an aromatic ring is 1. The van der Waals surface area contributed by atoms with E-state index in [-0.39, 0.29) is 17.1 Å². The second-order valence-corrected chi connectivity index (χ2v) is 8.39. The Morgan fingerprint density at radius 3 is 2.39 bits per heavy atom. The zero-order chi connectivity index (χ0) is 25.2. The molecule has 8 nitrogen and oxygen atoms in total. The Morgan fingerprint density at radius 1 is 0.972 bits per heavy atom. The number of benzene rings is 3. The van der Waals surface area contributed by atoms with Crippen LogP contribution < -0.4 is 11.1 Å². The highest BCUT2D eigenvalue weighted by atomic mass is 35.5. The van der Waals surface area contributed by atoms with E-state index in [0.717, 1.165) is 27.8 Å². The topological polar surface area (TPSA) is 131 Å². The van der Waals surface area contributed by atoms with Crippen LogP contribution in [-0.4, -0.2) is 14.9 Å². The van der Waals surface area contributed by atoms with E-state index in [4.69, 9.17) is 17.3 Å². The molecule has 0 aliphatic carbocycles. The molecule has 0 saturated heterocycles. The summed E-state index contributed by atoms with van der Waals surface area (Å²) < 4.78 is 0. The van der Waals surface area contributed by atoms with Gasteiger partial charge in [0.15, 0.2) is 0 Å². The normalized spacial score (nSPS) is 10.7. The first-order chi connectivity index (χ1) is 17.4. The SMILES string of the molecule is N#Cc1c(-c2ccc([N+](=O)[O-])cc2)cc(-c2ccc(Nc3ccnc4cc(Cl)ccc34)cc2)nc1N. The highest BCUT2D eigenvalue weighted by Crippen LogP contribution is 2.33. The number of nitro groups is 1. The van der Waals surface area contributed by atoms with Crippen LogP contribution >= 0.6 is 11.6 Å². The van der Waals surface area contributed by atoms with Crippen LogP contribution in [-0.2, 0) is 0 Å². The third-order valence-electron chi connectivity index (χ3n) is 5.71. The van der Waals surface area contributed by atoms with Crippen molar-refractivity contribution in [1.29, 1.82) is 5.26 Å². The lowest BCUT2D eigenvalue weighted by Crippen LogP contribution is -2.00. The van der Waals surface area contributed by atoms with E-state index < -0.39 is 4.92 Å². The van der Waals surface area contributed by atoms with Gasteiger partial charge in [0, 0.05) is 51.2 Å². The molecule has 0 amide bonds. The van der Waals surface area contributed by atoms with Crippen LogP contribution in [0.3, 0.4) is 0 Å². The maximum Gasteiger partial charge on any atom is 0.269 e. The summed E-state index contributed by atoms with van der Waals surface area (Å²) in [4.78, 5) is 19.3. The largest absolute Gasteiger partial charge is 0.383 e. The van der Waals surface area contributed by atoms with Crippen molar-refractivity contribution in [3.8, 4) is 28.5 Å². The number of anilines is 3. The quantitative estimate of drug-likeness (QED) is 0.205. The van der Waals surface area contributed by atoms with E-state index in [1.165, 1.54) is 12.1 Å². The minimum atomic E-state index is -0.471. The monoisotopic (exact) mass is 492 g/mol. The molecule has 0 radical (unpaired) electrons. The van der Waals surface area contributed by atoms with Crippen molar-refractivity contribution in [2.24, 2.45) is 0 Å². The number of aromatic nitrogens is 2. The number of nitrogens with one attached hydrogen (secondary N) is 1. The van der Waals surface area contributed by atoms with Gasteiger partial charge in [-0.05, 0) is 60.2 Å². The molecular weight excluding hydrogens is 476 g/mol. The molecule has 5 aromatic rings. The van der Waals surface area contributed by atoms with Crippen molar-refractivity contribution in [2.75, 3.05) is 11.1 Å². The zero-order valence-electron chi connectivity index (χ0n) is 18.6. The first-order valence-electron chi connectivity index (χ1n) is 10.8. The fourth-order valence-electron chi connectivity index (χ4n) is 3.93. The number of hydrogen-bond acceptors (Lipinski definition) is 7. The average Bonchev–Trinajstić information content (AvgIpc) is 2.88. The Balaban J connectivity index is 1.47.